The van der Waals surface area contributed by atoms with Crippen molar-refractivity contribution >= 4 is 28.8 Å². The van der Waals surface area contributed by atoms with Gasteiger partial charge in [-0.3, -0.25) is 19.3 Å². The van der Waals surface area contributed by atoms with E-state index in [-0.39, 0.29) is 43.5 Å². The van der Waals surface area contributed by atoms with Gasteiger partial charge >= 0.3 is 0 Å². The van der Waals surface area contributed by atoms with Crippen LogP contribution in [0.25, 0.3) is 0 Å². The number of nitrogens with zero attached hydrogens (tertiary/aromatic N) is 2. The molecule has 8 nitrogen and oxygen atoms in total. The number of rotatable bonds is 9. The molecule has 0 bridgehead atoms. The molecule has 9 heteroatoms. The first kappa shape index (κ1) is 22.2. The lowest BCUT2D eigenvalue weighted by Crippen LogP contribution is -2.41. The van der Waals surface area contributed by atoms with Crippen molar-refractivity contribution in [2.24, 2.45) is 0 Å². The van der Waals surface area contributed by atoms with Crippen molar-refractivity contribution in [3.63, 3.8) is 0 Å². The second-order valence-corrected chi connectivity index (χ2v) is 8.36. The minimum Gasteiger partial charge on any atom is -0.493 e. The highest BCUT2D eigenvalue weighted by atomic mass is 32.2. The number of carbonyl (C=O) groups excluding carboxylic acids is 3. The van der Waals surface area contributed by atoms with Crippen molar-refractivity contribution in [1.82, 2.24) is 9.80 Å². The van der Waals surface area contributed by atoms with Crippen molar-refractivity contribution in [2.75, 3.05) is 26.5 Å². The molecular weight excluding hydrogens is 432 g/mol. The van der Waals surface area contributed by atoms with Crippen molar-refractivity contribution in [3.05, 3.63) is 59.7 Å². The van der Waals surface area contributed by atoms with Gasteiger partial charge in [0.2, 0.25) is 0 Å². The number of amides is 3. The van der Waals surface area contributed by atoms with Crippen LogP contribution in [-0.2, 0) is 16.1 Å². The highest BCUT2D eigenvalue weighted by molar-refractivity contribution is 8.15. The molecule has 1 atom stereocenters. The number of hydrogen-bond donors (Lipinski definition) is 0. The van der Waals surface area contributed by atoms with Crippen LogP contribution >= 0.6 is 11.8 Å². The molecule has 0 aliphatic carbocycles. The summed E-state index contributed by atoms with van der Waals surface area (Å²) in [6.45, 7) is 3.26. The summed E-state index contributed by atoms with van der Waals surface area (Å²) >= 11 is 0.852. The van der Waals surface area contributed by atoms with Gasteiger partial charge in [0.15, 0.2) is 12.2 Å². The van der Waals surface area contributed by atoms with Crippen molar-refractivity contribution < 1.29 is 28.6 Å². The number of benzene rings is 2. The summed E-state index contributed by atoms with van der Waals surface area (Å²) in [6.07, 6.45) is 0.891. The molecule has 0 spiro atoms. The van der Waals surface area contributed by atoms with Gasteiger partial charge in [-0.25, -0.2) is 0 Å². The molecule has 2 aromatic carbocycles. The molecule has 3 amide bonds. The fraction of sp³-hybridized carbons (Fsp3) is 0.348. The van der Waals surface area contributed by atoms with Crippen molar-refractivity contribution in [2.45, 2.75) is 25.3 Å². The average Bonchev–Trinajstić information content (AvgIpc) is 3.07. The van der Waals surface area contributed by atoms with Gasteiger partial charge in [-0.15, -0.1) is 0 Å². The molecule has 2 heterocycles. The Labute approximate surface area is 190 Å². The maximum atomic E-state index is 12.8. The third-order valence-electron chi connectivity index (χ3n) is 5.03. The largest absolute Gasteiger partial charge is 0.493 e. The van der Waals surface area contributed by atoms with Crippen LogP contribution in [0, 0.1) is 0 Å². The Hall–Kier alpha value is -3.04. The van der Waals surface area contributed by atoms with E-state index in [1.54, 1.807) is 18.2 Å². The lowest BCUT2D eigenvalue weighted by molar-refractivity contribution is -0.134. The average molecular weight is 457 g/mol. The molecule has 0 N–H and O–H groups in total. The molecule has 2 aliphatic rings. The molecule has 0 aromatic heterocycles. The second kappa shape index (κ2) is 10.1. The molecule has 2 aromatic rings. The molecule has 168 valence electrons. The van der Waals surface area contributed by atoms with Crippen LogP contribution in [0.5, 0.6) is 11.5 Å². The Morgan fingerprint density at radius 1 is 1.09 bits per heavy atom. The van der Waals surface area contributed by atoms with E-state index in [1.807, 2.05) is 37.3 Å². The standard InChI is InChI=1S/C23H24N2O6S/c1-2-11-29-17-8-9-18-19(13-17)31-15-24(20(18)26)10-12-30-22-21(27)25(23(28)32-22)14-16-6-4-3-5-7-16/h3-9,13,22H,2,10-12,14-15H2,1H3. The van der Waals surface area contributed by atoms with E-state index in [4.69, 9.17) is 14.2 Å². The van der Waals surface area contributed by atoms with Crippen LogP contribution < -0.4 is 9.47 Å². The van der Waals surface area contributed by atoms with Crippen LogP contribution in [0.2, 0.25) is 0 Å². The lowest BCUT2D eigenvalue weighted by atomic mass is 10.1. The van der Waals surface area contributed by atoms with Gasteiger partial charge in [-0.05, 0) is 35.9 Å². The maximum Gasteiger partial charge on any atom is 0.291 e. The highest BCUT2D eigenvalue weighted by Crippen LogP contribution is 2.31. The summed E-state index contributed by atoms with van der Waals surface area (Å²) in [5.74, 6) is 0.597. The molecule has 1 unspecified atom stereocenters. The fourth-order valence-electron chi connectivity index (χ4n) is 3.36. The Balaban J connectivity index is 1.29. The number of imide groups is 1. The summed E-state index contributed by atoms with van der Waals surface area (Å²) < 4.78 is 16.9. The predicted molar refractivity (Wildman–Crippen MR) is 118 cm³/mol. The quantitative estimate of drug-likeness (QED) is 0.571. The lowest BCUT2D eigenvalue weighted by Gasteiger charge is -2.29. The first-order valence-electron chi connectivity index (χ1n) is 10.4. The molecule has 32 heavy (non-hydrogen) atoms. The first-order chi connectivity index (χ1) is 15.6. The Morgan fingerprint density at radius 2 is 1.91 bits per heavy atom. The minimum absolute atomic E-state index is 0.0806. The summed E-state index contributed by atoms with van der Waals surface area (Å²) in [6, 6.07) is 14.5. The number of fused-ring (bicyclic) bond motifs is 1. The van der Waals surface area contributed by atoms with E-state index in [0.29, 0.717) is 23.7 Å². The van der Waals surface area contributed by atoms with Gasteiger partial charge in [-0.1, -0.05) is 37.3 Å². The predicted octanol–water partition coefficient (Wildman–Crippen LogP) is 3.51. The van der Waals surface area contributed by atoms with Crippen molar-refractivity contribution in [1.29, 1.82) is 0 Å². The Bertz CT molecular complexity index is 999. The molecule has 1 fully saturated rings. The Morgan fingerprint density at radius 3 is 2.69 bits per heavy atom. The van der Waals surface area contributed by atoms with Crippen LogP contribution in [0.3, 0.4) is 0 Å². The molecule has 1 saturated heterocycles. The van der Waals surface area contributed by atoms with Crippen LogP contribution in [-0.4, -0.2) is 58.8 Å². The maximum absolute atomic E-state index is 12.8. The van der Waals surface area contributed by atoms with Gasteiger partial charge in [0.1, 0.15) is 11.5 Å². The van der Waals surface area contributed by atoms with Crippen molar-refractivity contribution in [3.8, 4) is 11.5 Å². The monoisotopic (exact) mass is 456 g/mol. The third kappa shape index (κ3) is 4.89. The van der Waals surface area contributed by atoms with Crippen LogP contribution in [0.4, 0.5) is 4.79 Å². The smallest absolute Gasteiger partial charge is 0.291 e. The zero-order valence-electron chi connectivity index (χ0n) is 17.7. The second-order valence-electron chi connectivity index (χ2n) is 7.34. The zero-order chi connectivity index (χ0) is 22.5. The van der Waals surface area contributed by atoms with Gasteiger partial charge in [0.25, 0.3) is 17.1 Å². The summed E-state index contributed by atoms with van der Waals surface area (Å²) in [5, 5.41) is -0.337. The molecule has 0 radical (unpaired) electrons. The third-order valence-corrected chi connectivity index (χ3v) is 6.00. The number of carbonyl (C=O) groups is 3. The van der Waals surface area contributed by atoms with E-state index in [9.17, 15) is 14.4 Å². The number of ether oxygens (including phenoxy) is 3. The SMILES string of the molecule is CCCOc1ccc2c(c1)OCN(CCOC1SC(=O)N(Cc3ccccc3)C1=O)C2=O. The minimum atomic E-state index is -0.905. The zero-order valence-corrected chi connectivity index (χ0v) is 18.5. The topological polar surface area (TPSA) is 85.4 Å². The number of thioether (sulfide) groups is 1. The van der Waals surface area contributed by atoms with E-state index in [2.05, 4.69) is 0 Å². The van der Waals surface area contributed by atoms with Gasteiger partial charge in [0, 0.05) is 12.6 Å². The van der Waals surface area contributed by atoms with Gasteiger partial charge in [-0.2, -0.15) is 0 Å². The fourth-order valence-corrected chi connectivity index (χ4v) is 4.21. The normalized spacial score (nSPS) is 18.0. The van der Waals surface area contributed by atoms with Crippen LogP contribution in [0.15, 0.2) is 48.5 Å². The van der Waals surface area contributed by atoms with Crippen LogP contribution in [0.1, 0.15) is 29.3 Å². The van der Waals surface area contributed by atoms with E-state index < -0.39 is 5.44 Å². The molecule has 2 aliphatic heterocycles. The van der Waals surface area contributed by atoms with E-state index in [1.165, 1.54) is 9.80 Å². The summed E-state index contributed by atoms with van der Waals surface area (Å²) in [7, 11) is 0. The van der Waals surface area contributed by atoms with Gasteiger partial charge in [0.05, 0.1) is 25.3 Å². The molecule has 4 rings (SSSR count). The molecular formula is C23H24N2O6S. The molecule has 0 saturated carbocycles. The summed E-state index contributed by atoms with van der Waals surface area (Å²) in [5.41, 5.74) is 0.418. The van der Waals surface area contributed by atoms with E-state index >= 15 is 0 Å². The van der Waals surface area contributed by atoms with E-state index in [0.717, 1.165) is 23.7 Å². The number of hydrogen-bond acceptors (Lipinski definition) is 7. The summed E-state index contributed by atoms with van der Waals surface area (Å²) in [4.78, 5) is 40.3. The highest BCUT2D eigenvalue weighted by Gasteiger charge is 2.40. The Kier molecular flexibility index (Phi) is 6.96. The van der Waals surface area contributed by atoms with Gasteiger partial charge < -0.3 is 19.1 Å². The first-order valence-corrected chi connectivity index (χ1v) is 11.3.